The number of hydrazone groups is 1. The van der Waals surface area contributed by atoms with Gasteiger partial charge in [-0.15, -0.1) is 0 Å². The van der Waals surface area contributed by atoms with Crippen molar-refractivity contribution in [1.29, 1.82) is 0 Å². The highest BCUT2D eigenvalue weighted by Gasteiger charge is 2.28. The molecule has 2 aromatic rings. The highest BCUT2D eigenvalue weighted by molar-refractivity contribution is 9.10. The van der Waals surface area contributed by atoms with Crippen molar-refractivity contribution in [2.24, 2.45) is 5.10 Å². The summed E-state index contributed by atoms with van der Waals surface area (Å²) in [6.07, 6.45) is 5.39. The van der Waals surface area contributed by atoms with Crippen molar-refractivity contribution in [1.82, 2.24) is 15.3 Å². The van der Waals surface area contributed by atoms with Gasteiger partial charge < -0.3 is 9.32 Å². The standard InChI is InChI=1S/C18H19BrN4O3/c1-10-15-13(21-22-17(24)11-7-12(19)9-20-8-11)5-4-6-14(15)26-16(10)18(25)23(2)3/h7-9H,4-6H2,1-3H3,(H,22,24)/b21-13+. The van der Waals surface area contributed by atoms with Crippen molar-refractivity contribution >= 4 is 33.5 Å². The molecule has 0 unspecified atom stereocenters. The van der Waals surface area contributed by atoms with Crippen molar-refractivity contribution in [2.45, 2.75) is 26.2 Å². The largest absolute Gasteiger partial charge is 0.455 e. The molecule has 0 atom stereocenters. The Bertz CT molecular complexity index is 902. The molecule has 0 saturated carbocycles. The zero-order chi connectivity index (χ0) is 18.8. The van der Waals surface area contributed by atoms with Crippen LogP contribution in [0, 0.1) is 6.92 Å². The fourth-order valence-corrected chi connectivity index (χ4v) is 3.27. The van der Waals surface area contributed by atoms with Crippen LogP contribution >= 0.6 is 15.9 Å². The van der Waals surface area contributed by atoms with E-state index in [0.29, 0.717) is 17.7 Å². The van der Waals surface area contributed by atoms with Crippen molar-refractivity contribution in [3.63, 3.8) is 0 Å². The fraction of sp³-hybridized carbons (Fsp3) is 0.333. The molecule has 0 saturated heterocycles. The van der Waals surface area contributed by atoms with E-state index in [0.717, 1.165) is 39.9 Å². The molecule has 0 spiro atoms. The molecule has 0 fully saturated rings. The lowest BCUT2D eigenvalue weighted by molar-refractivity contribution is 0.0793. The van der Waals surface area contributed by atoms with Crippen molar-refractivity contribution in [3.05, 3.63) is 51.1 Å². The van der Waals surface area contributed by atoms with E-state index in [-0.39, 0.29) is 11.8 Å². The van der Waals surface area contributed by atoms with E-state index in [1.54, 1.807) is 26.4 Å². The molecule has 8 heteroatoms. The van der Waals surface area contributed by atoms with Gasteiger partial charge in [0.15, 0.2) is 5.76 Å². The number of nitrogens with zero attached hydrogens (tertiary/aromatic N) is 3. The molecule has 3 rings (SSSR count). The van der Waals surface area contributed by atoms with Crippen molar-refractivity contribution in [2.75, 3.05) is 14.1 Å². The number of amides is 2. The fourth-order valence-electron chi connectivity index (χ4n) is 2.91. The van der Waals surface area contributed by atoms with Crippen LogP contribution in [0.5, 0.6) is 0 Å². The molecular formula is C18H19BrN4O3. The lowest BCUT2D eigenvalue weighted by Gasteiger charge is -2.13. The Hall–Kier alpha value is -2.48. The lowest BCUT2D eigenvalue weighted by Crippen LogP contribution is -2.23. The number of carbonyl (C=O) groups is 2. The van der Waals surface area contributed by atoms with Gasteiger partial charge in [-0.1, -0.05) is 0 Å². The first-order chi connectivity index (χ1) is 12.4. The van der Waals surface area contributed by atoms with E-state index < -0.39 is 0 Å². The summed E-state index contributed by atoms with van der Waals surface area (Å²) < 4.78 is 6.51. The van der Waals surface area contributed by atoms with Gasteiger partial charge in [0.25, 0.3) is 11.8 Å². The number of nitrogens with one attached hydrogen (secondary N) is 1. The molecule has 0 bridgehead atoms. The molecule has 2 aromatic heterocycles. The number of rotatable bonds is 3. The van der Waals surface area contributed by atoms with E-state index in [1.165, 1.54) is 11.1 Å². The number of furan rings is 1. The molecule has 0 aromatic carbocycles. The number of aromatic nitrogens is 1. The predicted molar refractivity (Wildman–Crippen MR) is 100 cm³/mol. The molecule has 0 aliphatic heterocycles. The van der Waals surface area contributed by atoms with E-state index in [2.05, 4.69) is 31.4 Å². The van der Waals surface area contributed by atoms with E-state index in [4.69, 9.17) is 4.42 Å². The quantitative estimate of drug-likeness (QED) is 0.775. The molecule has 2 heterocycles. The third kappa shape index (κ3) is 3.55. The zero-order valence-corrected chi connectivity index (χ0v) is 16.4. The molecule has 1 aliphatic rings. The topological polar surface area (TPSA) is 87.8 Å². The molecule has 7 nitrogen and oxygen atoms in total. The van der Waals surface area contributed by atoms with Crippen LogP contribution in [0.15, 0.2) is 32.5 Å². The summed E-state index contributed by atoms with van der Waals surface area (Å²) in [6.45, 7) is 1.85. The van der Waals surface area contributed by atoms with Crippen LogP contribution in [0.3, 0.4) is 0 Å². The average Bonchev–Trinajstić information content (AvgIpc) is 2.96. The van der Waals surface area contributed by atoms with Gasteiger partial charge in [-0.25, -0.2) is 5.43 Å². The second kappa shape index (κ2) is 7.41. The van der Waals surface area contributed by atoms with Crippen molar-refractivity contribution < 1.29 is 14.0 Å². The van der Waals surface area contributed by atoms with Crippen LogP contribution in [0.2, 0.25) is 0 Å². The number of halogens is 1. The highest BCUT2D eigenvalue weighted by Crippen LogP contribution is 2.30. The van der Waals surface area contributed by atoms with Crippen LogP contribution in [0.4, 0.5) is 0 Å². The van der Waals surface area contributed by atoms with Gasteiger partial charge >= 0.3 is 0 Å². The number of aryl methyl sites for hydroxylation is 1. The first-order valence-corrected chi connectivity index (χ1v) is 8.99. The summed E-state index contributed by atoms with van der Waals surface area (Å²) in [5.74, 6) is 0.554. The van der Waals surface area contributed by atoms with E-state index in [1.807, 2.05) is 6.92 Å². The monoisotopic (exact) mass is 418 g/mol. The summed E-state index contributed by atoms with van der Waals surface area (Å²) in [4.78, 5) is 30.0. The minimum atomic E-state index is -0.343. The minimum Gasteiger partial charge on any atom is -0.455 e. The Morgan fingerprint density at radius 1 is 1.31 bits per heavy atom. The number of hydrogen-bond donors (Lipinski definition) is 1. The molecule has 26 heavy (non-hydrogen) atoms. The van der Waals surface area contributed by atoms with Crippen LogP contribution in [-0.4, -0.2) is 41.5 Å². The second-order valence-corrected chi connectivity index (χ2v) is 7.21. The summed E-state index contributed by atoms with van der Waals surface area (Å²) in [5.41, 5.74) is 5.30. The summed E-state index contributed by atoms with van der Waals surface area (Å²) >= 11 is 3.29. The van der Waals surface area contributed by atoms with Crippen LogP contribution < -0.4 is 5.43 Å². The molecule has 1 aliphatic carbocycles. The number of hydrogen-bond acceptors (Lipinski definition) is 5. The smallest absolute Gasteiger partial charge is 0.289 e. The number of fused-ring (bicyclic) bond motifs is 1. The highest BCUT2D eigenvalue weighted by atomic mass is 79.9. The van der Waals surface area contributed by atoms with Gasteiger partial charge in [-0.3, -0.25) is 14.6 Å². The SMILES string of the molecule is Cc1c(C(=O)N(C)C)oc2c1/C(=N/NC(=O)c1cncc(Br)c1)CCC2. The molecule has 0 radical (unpaired) electrons. The first-order valence-electron chi connectivity index (χ1n) is 8.20. The Morgan fingerprint density at radius 2 is 2.08 bits per heavy atom. The molecule has 2 amide bonds. The van der Waals surface area contributed by atoms with E-state index >= 15 is 0 Å². The maximum atomic E-state index is 12.3. The van der Waals surface area contributed by atoms with Crippen LogP contribution in [-0.2, 0) is 6.42 Å². The van der Waals surface area contributed by atoms with Gasteiger partial charge in [-0.2, -0.15) is 5.10 Å². The van der Waals surface area contributed by atoms with E-state index in [9.17, 15) is 9.59 Å². The maximum absolute atomic E-state index is 12.3. The maximum Gasteiger partial charge on any atom is 0.289 e. The average molecular weight is 419 g/mol. The third-order valence-corrected chi connectivity index (χ3v) is 4.62. The van der Waals surface area contributed by atoms with Crippen LogP contribution in [0.25, 0.3) is 0 Å². The Kier molecular flexibility index (Phi) is 5.22. The Morgan fingerprint density at radius 3 is 2.77 bits per heavy atom. The van der Waals surface area contributed by atoms with Gasteiger partial charge in [0, 0.05) is 48.5 Å². The first kappa shape index (κ1) is 18.3. The van der Waals surface area contributed by atoms with Gasteiger partial charge in [0.1, 0.15) is 5.76 Å². The molecule has 136 valence electrons. The molecular weight excluding hydrogens is 400 g/mol. The Balaban J connectivity index is 1.88. The summed E-state index contributed by atoms with van der Waals surface area (Å²) in [5, 5.41) is 4.30. The van der Waals surface area contributed by atoms with Crippen LogP contribution in [0.1, 0.15) is 50.6 Å². The van der Waals surface area contributed by atoms with Gasteiger partial charge in [-0.05, 0) is 41.8 Å². The predicted octanol–water partition coefficient (Wildman–Crippen LogP) is 2.92. The van der Waals surface area contributed by atoms with Gasteiger partial charge in [0.2, 0.25) is 0 Å². The molecule has 1 N–H and O–H groups in total. The van der Waals surface area contributed by atoms with Gasteiger partial charge in [0.05, 0.1) is 11.3 Å². The summed E-state index contributed by atoms with van der Waals surface area (Å²) in [7, 11) is 3.37. The Labute approximate surface area is 159 Å². The number of carbonyl (C=O) groups excluding carboxylic acids is 2. The summed E-state index contributed by atoms with van der Waals surface area (Å²) in [6, 6.07) is 1.67. The third-order valence-electron chi connectivity index (χ3n) is 4.19. The van der Waals surface area contributed by atoms with Crippen molar-refractivity contribution in [3.8, 4) is 0 Å². The zero-order valence-electron chi connectivity index (χ0n) is 14.8. The normalized spacial score (nSPS) is 14.8. The lowest BCUT2D eigenvalue weighted by atomic mass is 9.93. The number of pyridine rings is 1. The minimum absolute atomic E-state index is 0.180. The second-order valence-electron chi connectivity index (χ2n) is 6.30.